The monoisotopic (exact) mass is 288 g/mol. The molecule has 1 fully saturated rings. The van der Waals surface area contributed by atoms with E-state index in [2.05, 4.69) is 52.3 Å². The Labute approximate surface area is 128 Å². The zero-order valence-corrected chi connectivity index (χ0v) is 13.4. The number of hydrogen-bond donors (Lipinski definition) is 1. The lowest BCUT2D eigenvalue weighted by Crippen LogP contribution is -2.48. The molecule has 0 aromatic heterocycles. The van der Waals surface area contributed by atoms with Gasteiger partial charge in [-0.3, -0.25) is 4.90 Å². The number of anilines is 2. The molecule has 4 heteroatoms. The third kappa shape index (κ3) is 3.69. The number of fused-ring (bicyclic) bond motifs is 1. The van der Waals surface area contributed by atoms with Crippen molar-refractivity contribution in [3.8, 4) is 0 Å². The molecule has 0 amide bonds. The lowest BCUT2D eigenvalue weighted by Gasteiger charge is -2.37. The molecular formula is C17H28N4. The highest BCUT2D eigenvalue weighted by atomic mass is 15.3. The molecule has 1 aromatic rings. The van der Waals surface area contributed by atoms with Crippen LogP contribution in [0.1, 0.15) is 12.0 Å². The van der Waals surface area contributed by atoms with Crippen molar-refractivity contribution >= 4 is 11.4 Å². The van der Waals surface area contributed by atoms with Crippen molar-refractivity contribution < 1.29 is 0 Å². The summed E-state index contributed by atoms with van der Waals surface area (Å²) in [6.45, 7) is 8.14. The minimum Gasteiger partial charge on any atom is -0.385 e. The number of nitrogens with one attached hydrogen (secondary N) is 1. The Morgan fingerprint density at radius 3 is 2.71 bits per heavy atom. The summed E-state index contributed by atoms with van der Waals surface area (Å²) in [5.74, 6) is 0. The molecule has 0 saturated carbocycles. The molecule has 2 aliphatic heterocycles. The van der Waals surface area contributed by atoms with Crippen LogP contribution in [0.4, 0.5) is 11.4 Å². The quantitative estimate of drug-likeness (QED) is 0.911. The summed E-state index contributed by atoms with van der Waals surface area (Å²) >= 11 is 0. The summed E-state index contributed by atoms with van der Waals surface area (Å²) in [4.78, 5) is 7.39. The molecule has 4 nitrogen and oxygen atoms in total. The second-order valence-electron chi connectivity index (χ2n) is 6.50. The van der Waals surface area contributed by atoms with Crippen molar-refractivity contribution in [1.82, 2.24) is 9.80 Å². The van der Waals surface area contributed by atoms with Crippen molar-refractivity contribution in [2.24, 2.45) is 0 Å². The molecule has 0 unspecified atom stereocenters. The van der Waals surface area contributed by atoms with E-state index in [9.17, 15) is 0 Å². The van der Waals surface area contributed by atoms with E-state index >= 15 is 0 Å². The number of aryl methyl sites for hydroxylation is 1. The van der Waals surface area contributed by atoms with Gasteiger partial charge in [-0.05, 0) is 50.7 Å². The maximum absolute atomic E-state index is 3.50. The molecule has 0 radical (unpaired) electrons. The molecule has 1 N–H and O–H groups in total. The van der Waals surface area contributed by atoms with Gasteiger partial charge >= 0.3 is 0 Å². The highest BCUT2D eigenvalue weighted by molar-refractivity contribution is 5.61. The smallest absolute Gasteiger partial charge is 0.0374 e. The topological polar surface area (TPSA) is 21.8 Å². The Morgan fingerprint density at radius 2 is 1.95 bits per heavy atom. The lowest BCUT2D eigenvalue weighted by molar-refractivity contribution is 0.229. The summed E-state index contributed by atoms with van der Waals surface area (Å²) in [5, 5.41) is 3.50. The Balaban J connectivity index is 1.57. The van der Waals surface area contributed by atoms with Crippen LogP contribution in [0.5, 0.6) is 0 Å². The van der Waals surface area contributed by atoms with Crippen molar-refractivity contribution in [3.63, 3.8) is 0 Å². The van der Waals surface area contributed by atoms with Gasteiger partial charge in [0.25, 0.3) is 0 Å². The standard InChI is InChI=1S/C17H28N4/c1-19(2)8-9-20-10-12-21(13-11-20)16-5-6-17-15(14-16)4-3-7-18-17/h5-6,14,18H,3-4,7-13H2,1-2H3. The van der Waals surface area contributed by atoms with E-state index < -0.39 is 0 Å². The van der Waals surface area contributed by atoms with Crippen LogP contribution in [0.2, 0.25) is 0 Å². The van der Waals surface area contributed by atoms with Crippen LogP contribution in [0.25, 0.3) is 0 Å². The van der Waals surface area contributed by atoms with Crippen LogP contribution in [-0.4, -0.2) is 69.7 Å². The molecule has 0 atom stereocenters. The van der Waals surface area contributed by atoms with Crippen molar-refractivity contribution in [2.45, 2.75) is 12.8 Å². The molecule has 1 aromatic carbocycles. The molecule has 2 aliphatic rings. The highest BCUT2D eigenvalue weighted by Crippen LogP contribution is 2.27. The minimum absolute atomic E-state index is 1.12. The molecule has 21 heavy (non-hydrogen) atoms. The van der Waals surface area contributed by atoms with Gasteiger partial charge in [0, 0.05) is 57.2 Å². The number of likely N-dealkylation sites (N-methyl/N-ethyl adjacent to an activating group) is 1. The van der Waals surface area contributed by atoms with Crippen molar-refractivity contribution in [1.29, 1.82) is 0 Å². The van der Waals surface area contributed by atoms with Gasteiger partial charge in [-0.15, -0.1) is 0 Å². The van der Waals surface area contributed by atoms with Gasteiger partial charge in [-0.1, -0.05) is 0 Å². The summed E-state index contributed by atoms with van der Waals surface area (Å²) < 4.78 is 0. The van der Waals surface area contributed by atoms with Gasteiger partial charge in [0.1, 0.15) is 0 Å². The van der Waals surface area contributed by atoms with Crippen molar-refractivity contribution in [2.75, 3.05) is 70.1 Å². The molecule has 3 rings (SSSR count). The number of piperazine rings is 1. The van der Waals surface area contributed by atoms with Crippen LogP contribution in [-0.2, 0) is 6.42 Å². The molecule has 116 valence electrons. The predicted molar refractivity (Wildman–Crippen MR) is 90.5 cm³/mol. The molecule has 0 bridgehead atoms. The lowest BCUT2D eigenvalue weighted by atomic mass is 10.0. The van der Waals surface area contributed by atoms with E-state index in [1.54, 1.807) is 0 Å². The number of benzene rings is 1. The fourth-order valence-electron chi connectivity index (χ4n) is 3.23. The van der Waals surface area contributed by atoms with E-state index in [1.165, 1.54) is 49.4 Å². The van der Waals surface area contributed by atoms with Crippen LogP contribution >= 0.6 is 0 Å². The predicted octanol–water partition coefficient (Wildman–Crippen LogP) is 1.73. The molecule has 1 saturated heterocycles. The number of nitrogens with zero attached hydrogens (tertiary/aromatic N) is 3. The van der Waals surface area contributed by atoms with E-state index in [4.69, 9.17) is 0 Å². The summed E-state index contributed by atoms with van der Waals surface area (Å²) in [5.41, 5.74) is 4.24. The van der Waals surface area contributed by atoms with Crippen LogP contribution in [0, 0.1) is 0 Å². The average molecular weight is 288 g/mol. The third-order valence-corrected chi connectivity index (χ3v) is 4.63. The Morgan fingerprint density at radius 1 is 1.14 bits per heavy atom. The first-order valence-electron chi connectivity index (χ1n) is 8.21. The highest BCUT2D eigenvalue weighted by Gasteiger charge is 2.18. The van der Waals surface area contributed by atoms with Crippen molar-refractivity contribution in [3.05, 3.63) is 23.8 Å². The maximum Gasteiger partial charge on any atom is 0.0374 e. The fourth-order valence-corrected chi connectivity index (χ4v) is 3.23. The summed E-state index contributed by atoms with van der Waals surface area (Å²) in [6.07, 6.45) is 2.48. The van der Waals surface area contributed by atoms with Gasteiger partial charge in [-0.2, -0.15) is 0 Å². The molecule has 2 heterocycles. The van der Waals surface area contributed by atoms with Gasteiger partial charge < -0.3 is 15.1 Å². The number of hydrogen-bond acceptors (Lipinski definition) is 4. The molecular weight excluding hydrogens is 260 g/mol. The van der Waals surface area contributed by atoms with E-state index in [0.29, 0.717) is 0 Å². The zero-order valence-electron chi connectivity index (χ0n) is 13.4. The van der Waals surface area contributed by atoms with Gasteiger partial charge in [0.05, 0.1) is 0 Å². The Bertz CT molecular complexity index is 464. The average Bonchev–Trinajstić information content (AvgIpc) is 2.53. The van der Waals surface area contributed by atoms with Gasteiger partial charge in [-0.25, -0.2) is 0 Å². The van der Waals surface area contributed by atoms with Gasteiger partial charge in [0.2, 0.25) is 0 Å². The third-order valence-electron chi connectivity index (χ3n) is 4.63. The largest absolute Gasteiger partial charge is 0.385 e. The molecule has 0 spiro atoms. The second kappa shape index (κ2) is 6.67. The minimum atomic E-state index is 1.12. The summed E-state index contributed by atoms with van der Waals surface area (Å²) in [7, 11) is 4.30. The first-order chi connectivity index (χ1) is 10.2. The van der Waals surface area contributed by atoms with E-state index in [-0.39, 0.29) is 0 Å². The first-order valence-corrected chi connectivity index (χ1v) is 8.21. The van der Waals surface area contributed by atoms with Crippen LogP contribution in [0.3, 0.4) is 0 Å². The number of rotatable bonds is 4. The van der Waals surface area contributed by atoms with Crippen LogP contribution in [0.15, 0.2) is 18.2 Å². The fraction of sp³-hybridized carbons (Fsp3) is 0.647. The van der Waals surface area contributed by atoms with Crippen LogP contribution < -0.4 is 10.2 Å². The normalized spacial score (nSPS) is 19.5. The van der Waals surface area contributed by atoms with Gasteiger partial charge in [0.15, 0.2) is 0 Å². The second-order valence-corrected chi connectivity index (χ2v) is 6.50. The Hall–Kier alpha value is -1.26. The van der Waals surface area contributed by atoms with E-state index in [1.807, 2.05) is 0 Å². The maximum atomic E-state index is 3.50. The Kier molecular flexibility index (Phi) is 4.66. The SMILES string of the molecule is CN(C)CCN1CCN(c2ccc3c(c2)CCCN3)CC1. The summed E-state index contributed by atoms with van der Waals surface area (Å²) in [6, 6.07) is 6.95. The molecule has 0 aliphatic carbocycles. The zero-order chi connectivity index (χ0) is 14.7. The van der Waals surface area contributed by atoms with E-state index in [0.717, 1.165) is 26.2 Å². The first kappa shape index (κ1) is 14.7.